The van der Waals surface area contributed by atoms with Gasteiger partial charge in [-0.1, -0.05) is 0 Å². The van der Waals surface area contributed by atoms with Crippen molar-refractivity contribution in [2.45, 2.75) is 46.7 Å². The van der Waals surface area contributed by atoms with Crippen molar-refractivity contribution in [2.75, 3.05) is 13.6 Å². The molecule has 2 N–H and O–H groups in total. The molecule has 0 radical (unpaired) electrons. The number of likely N-dealkylation sites (N-methyl/N-ethyl adjacent to an activating group) is 1. The molecule has 1 rings (SSSR count). The number of amides is 1. The Morgan fingerprint density at radius 3 is 2.39 bits per heavy atom. The highest BCUT2D eigenvalue weighted by atomic mass is 16.1. The maximum Gasteiger partial charge on any atom is 0.253 e. The van der Waals surface area contributed by atoms with Crippen molar-refractivity contribution in [3.8, 4) is 0 Å². The van der Waals surface area contributed by atoms with E-state index in [1.54, 1.807) is 0 Å². The minimum atomic E-state index is 0.0112. The first-order valence-corrected chi connectivity index (χ1v) is 6.52. The van der Waals surface area contributed by atoms with Gasteiger partial charge < -0.3 is 15.2 Å². The molecule has 1 amide bonds. The normalized spacial score (nSPS) is 12.8. The summed E-state index contributed by atoms with van der Waals surface area (Å²) in [7, 11) is 1.89. The van der Waals surface area contributed by atoms with E-state index in [1.807, 2.05) is 33.9 Å². The zero-order valence-corrected chi connectivity index (χ0v) is 12.3. The van der Waals surface area contributed by atoms with Gasteiger partial charge in [0.25, 0.3) is 5.91 Å². The Morgan fingerprint density at radius 2 is 1.94 bits per heavy atom. The summed E-state index contributed by atoms with van der Waals surface area (Å²) in [5.41, 5.74) is 2.95. The van der Waals surface area contributed by atoms with Crippen LogP contribution < -0.4 is 10.6 Å². The fraction of sp³-hybridized carbons (Fsp3) is 0.643. The van der Waals surface area contributed by atoms with Crippen LogP contribution in [0.25, 0.3) is 0 Å². The molecule has 0 saturated carbocycles. The van der Waals surface area contributed by atoms with Gasteiger partial charge in [0, 0.05) is 30.0 Å². The van der Waals surface area contributed by atoms with Gasteiger partial charge in [0.2, 0.25) is 0 Å². The average molecular weight is 251 g/mol. The van der Waals surface area contributed by atoms with Gasteiger partial charge >= 0.3 is 0 Å². The third kappa shape index (κ3) is 3.13. The summed E-state index contributed by atoms with van der Waals surface area (Å²) in [6, 6.07) is 2.62. The van der Waals surface area contributed by atoms with Crippen molar-refractivity contribution in [3.05, 3.63) is 23.0 Å². The number of carbonyl (C=O) groups is 1. The van der Waals surface area contributed by atoms with Crippen LogP contribution in [-0.2, 0) is 0 Å². The Hall–Kier alpha value is -1.29. The maximum absolute atomic E-state index is 12.1. The van der Waals surface area contributed by atoms with Crippen LogP contribution in [0, 0.1) is 13.8 Å². The van der Waals surface area contributed by atoms with E-state index in [4.69, 9.17) is 0 Å². The molecule has 1 heterocycles. The van der Waals surface area contributed by atoms with E-state index >= 15 is 0 Å². The lowest BCUT2D eigenvalue weighted by Gasteiger charge is -2.14. The van der Waals surface area contributed by atoms with Crippen LogP contribution in [-0.4, -0.2) is 30.1 Å². The van der Waals surface area contributed by atoms with Crippen LogP contribution >= 0.6 is 0 Å². The summed E-state index contributed by atoms with van der Waals surface area (Å²) in [5.74, 6) is 0.0112. The van der Waals surface area contributed by atoms with E-state index in [-0.39, 0.29) is 11.9 Å². The van der Waals surface area contributed by atoms with Gasteiger partial charge in [0.15, 0.2) is 0 Å². The van der Waals surface area contributed by atoms with Crippen LogP contribution in [0.5, 0.6) is 0 Å². The first-order chi connectivity index (χ1) is 8.38. The van der Waals surface area contributed by atoms with Crippen molar-refractivity contribution in [1.82, 2.24) is 15.2 Å². The molecule has 4 nitrogen and oxygen atoms in total. The largest absolute Gasteiger partial charge is 0.350 e. The molecular formula is C14H25N3O. The molecule has 1 aromatic rings. The molecule has 4 heteroatoms. The molecule has 18 heavy (non-hydrogen) atoms. The molecular weight excluding hydrogens is 226 g/mol. The predicted octanol–water partition coefficient (Wildman–Crippen LogP) is 2.02. The highest BCUT2D eigenvalue weighted by molar-refractivity contribution is 5.95. The summed E-state index contributed by atoms with van der Waals surface area (Å²) < 4.78 is 2.19. The molecule has 0 bridgehead atoms. The number of rotatable bonds is 5. The zero-order chi connectivity index (χ0) is 13.9. The van der Waals surface area contributed by atoms with Crippen LogP contribution in [0.2, 0.25) is 0 Å². The Labute approximate surface area is 110 Å². The lowest BCUT2D eigenvalue weighted by molar-refractivity contribution is 0.0950. The monoisotopic (exact) mass is 251 g/mol. The van der Waals surface area contributed by atoms with Crippen LogP contribution in [0.1, 0.15) is 48.6 Å². The minimum absolute atomic E-state index is 0.0112. The molecule has 0 aromatic carbocycles. The smallest absolute Gasteiger partial charge is 0.253 e. The molecule has 0 aliphatic carbocycles. The number of aryl methyl sites for hydroxylation is 1. The van der Waals surface area contributed by atoms with Gasteiger partial charge in [0.05, 0.1) is 5.56 Å². The topological polar surface area (TPSA) is 46.1 Å². The molecule has 102 valence electrons. The predicted molar refractivity (Wildman–Crippen MR) is 75.1 cm³/mol. The van der Waals surface area contributed by atoms with Crippen molar-refractivity contribution in [3.63, 3.8) is 0 Å². The average Bonchev–Trinajstić information content (AvgIpc) is 2.61. The first kappa shape index (κ1) is 14.8. The number of carbonyl (C=O) groups excluding carboxylic acids is 1. The lowest BCUT2D eigenvalue weighted by atomic mass is 10.2. The van der Waals surface area contributed by atoms with Crippen LogP contribution in [0.4, 0.5) is 0 Å². The Balaban J connectivity index is 2.84. The molecule has 0 aliphatic rings. The summed E-state index contributed by atoms with van der Waals surface area (Å²) in [6.45, 7) is 11.0. The highest BCUT2D eigenvalue weighted by Crippen LogP contribution is 2.19. The summed E-state index contributed by atoms with van der Waals surface area (Å²) >= 11 is 0. The molecule has 1 atom stereocenters. The van der Waals surface area contributed by atoms with Gasteiger partial charge in [-0.15, -0.1) is 0 Å². The number of nitrogens with one attached hydrogen (secondary N) is 2. The molecule has 1 aromatic heterocycles. The van der Waals surface area contributed by atoms with E-state index in [1.165, 1.54) is 0 Å². The quantitative estimate of drug-likeness (QED) is 0.841. The molecule has 0 spiro atoms. The van der Waals surface area contributed by atoms with Crippen molar-refractivity contribution < 1.29 is 4.79 Å². The van der Waals surface area contributed by atoms with E-state index in [2.05, 4.69) is 29.0 Å². The minimum Gasteiger partial charge on any atom is -0.350 e. The van der Waals surface area contributed by atoms with E-state index < -0.39 is 0 Å². The second-order valence-corrected chi connectivity index (χ2v) is 5.15. The molecule has 1 unspecified atom stereocenters. The highest BCUT2D eigenvalue weighted by Gasteiger charge is 2.17. The van der Waals surface area contributed by atoms with E-state index in [0.29, 0.717) is 12.6 Å². The Morgan fingerprint density at radius 1 is 1.33 bits per heavy atom. The SMILES string of the molecule is CNC(C)CNC(=O)c1cc(C)n(C(C)C)c1C. The second kappa shape index (κ2) is 6.05. The summed E-state index contributed by atoms with van der Waals surface area (Å²) in [5, 5.41) is 6.06. The van der Waals surface area contributed by atoms with Gasteiger partial charge in [-0.3, -0.25) is 4.79 Å². The van der Waals surface area contributed by atoms with E-state index in [9.17, 15) is 4.79 Å². The van der Waals surface area contributed by atoms with Gasteiger partial charge in [0.1, 0.15) is 0 Å². The molecule has 0 aliphatic heterocycles. The lowest BCUT2D eigenvalue weighted by Crippen LogP contribution is -2.37. The maximum atomic E-state index is 12.1. The Bertz CT molecular complexity index is 421. The standard InChI is InChI=1S/C14H25N3O/c1-9(2)17-11(4)7-13(12(17)5)14(18)16-8-10(3)15-6/h7,9-10,15H,8H2,1-6H3,(H,16,18). The first-order valence-electron chi connectivity index (χ1n) is 6.52. The van der Waals surface area contributed by atoms with Crippen LogP contribution in [0.15, 0.2) is 6.07 Å². The van der Waals surface area contributed by atoms with Crippen LogP contribution in [0.3, 0.4) is 0 Å². The van der Waals surface area contributed by atoms with Gasteiger partial charge in [-0.05, 0) is 47.7 Å². The molecule has 0 fully saturated rings. The third-order valence-electron chi connectivity index (χ3n) is 3.31. The zero-order valence-electron chi connectivity index (χ0n) is 12.3. The summed E-state index contributed by atoms with van der Waals surface area (Å²) in [6.07, 6.45) is 0. The summed E-state index contributed by atoms with van der Waals surface area (Å²) in [4.78, 5) is 12.1. The Kier molecular flexibility index (Phi) is 4.96. The van der Waals surface area contributed by atoms with Crippen molar-refractivity contribution in [1.29, 1.82) is 0 Å². The third-order valence-corrected chi connectivity index (χ3v) is 3.31. The van der Waals surface area contributed by atoms with Gasteiger partial charge in [-0.2, -0.15) is 0 Å². The van der Waals surface area contributed by atoms with Crippen molar-refractivity contribution in [2.24, 2.45) is 0 Å². The van der Waals surface area contributed by atoms with Crippen molar-refractivity contribution >= 4 is 5.91 Å². The second-order valence-electron chi connectivity index (χ2n) is 5.15. The number of aromatic nitrogens is 1. The molecule has 0 saturated heterocycles. The fourth-order valence-electron chi connectivity index (χ4n) is 2.24. The number of nitrogens with zero attached hydrogens (tertiary/aromatic N) is 1. The van der Waals surface area contributed by atoms with E-state index in [0.717, 1.165) is 17.0 Å². The number of hydrogen-bond acceptors (Lipinski definition) is 2. The van der Waals surface area contributed by atoms with Gasteiger partial charge in [-0.25, -0.2) is 0 Å². The number of hydrogen-bond donors (Lipinski definition) is 2. The fourth-order valence-corrected chi connectivity index (χ4v) is 2.24.